The Balaban J connectivity index is 3.24. The van der Waals surface area contributed by atoms with Gasteiger partial charge in [-0.15, -0.1) is 0 Å². The summed E-state index contributed by atoms with van der Waals surface area (Å²) < 4.78 is 24.2. The summed E-state index contributed by atoms with van der Waals surface area (Å²) in [6.45, 7) is 0. The van der Waals surface area contributed by atoms with Crippen LogP contribution in [0.3, 0.4) is 0 Å². The van der Waals surface area contributed by atoms with Crippen LogP contribution in [0.25, 0.3) is 0 Å². The molecule has 0 aromatic heterocycles. The Labute approximate surface area is 64.4 Å². The molecule has 0 radical (unpaired) electrons. The third-order valence-electron chi connectivity index (χ3n) is 1.16. The van der Waals surface area contributed by atoms with Crippen LogP contribution in [0.4, 0.5) is 0 Å². The molecule has 0 amide bonds. The summed E-state index contributed by atoms with van der Waals surface area (Å²) in [5, 5.41) is 0. The first-order valence-electron chi connectivity index (χ1n) is 2.85. The molecule has 0 aliphatic rings. The van der Waals surface area contributed by atoms with Crippen molar-refractivity contribution >= 4 is 10.0 Å². The summed E-state index contributed by atoms with van der Waals surface area (Å²) in [6.07, 6.45) is 0. The van der Waals surface area contributed by atoms with Gasteiger partial charge in [-0.05, 0) is 12.1 Å². The molecule has 1 aromatic rings. The van der Waals surface area contributed by atoms with Crippen LogP contribution in [0.1, 0.15) is 0 Å². The van der Waals surface area contributed by atoms with Crippen molar-refractivity contribution in [2.24, 2.45) is 4.52 Å². The van der Waals surface area contributed by atoms with Gasteiger partial charge in [-0.1, -0.05) is 22.7 Å². The molecule has 0 aliphatic carbocycles. The van der Waals surface area contributed by atoms with Gasteiger partial charge in [0.1, 0.15) is 0 Å². The summed E-state index contributed by atoms with van der Waals surface area (Å²) in [4.78, 5) is 0.0509. The number of rotatable bonds is 2. The van der Waals surface area contributed by atoms with Crippen LogP contribution in [0.2, 0.25) is 0 Å². The van der Waals surface area contributed by atoms with Crippen molar-refractivity contribution in [3.8, 4) is 0 Å². The average molecular weight is 170 g/mol. The molecule has 1 aromatic carbocycles. The zero-order valence-electron chi connectivity index (χ0n) is 5.56. The van der Waals surface area contributed by atoms with E-state index in [1.165, 1.54) is 12.1 Å². The summed E-state index contributed by atoms with van der Waals surface area (Å²) >= 11 is 0. The molecular weight excluding hydrogens is 164 g/mol. The molecule has 58 valence electrons. The van der Waals surface area contributed by atoms with E-state index in [0.29, 0.717) is 0 Å². The number of nitrogens with one attached hydrogen (secondary N) is 1. The van der Waals surface area contributed by atoms with Crippen LogP contribution in [0.5, 0.6) is 0 Å². The molecule has 0 fully saturated rings. The normalized spacial score (nSPS) is 10.9. The van der Waals surface area contributed by atoms with Crippen molar-refractivity contribution in [3.05, 3.63) is 30.3 Å². The largest absolute Gasteiger partial charge is 0.299 e. The molecule has 0 heterocycles. The second-order valence-corrected chi connectivity index (χ2v) is 3.48. The molecule has 4 nitrogen and oxygen atoms in total. The van der Waals surface area contributed by atoms with Crippen LogP contribution >= 0.6 is 0 Å². The van der Waals surface area contributed by atoms with Gasteiger partial charge < -0.3 is 0 Å². The second-order valence-electron chi connectivity index (χ2n) is 1.88. The van der Waals surface area contributed by atoms with Gasteiger partial charge >= 0.3 is 0 Å². The minimum absolute atomic E-state index is 0.0509. The summed E-state index contributed by atoms with van der Waals surface area (Å²) in [7, 11) is -3.71. The first kappa shape index (κ1) is 7.87. The van der Waals surface area contributed by atoms with E-state index in [0.717, 1.165) is 0 Å². The third kappa shape index (κ3) is 1.62. The molecule has 11 heavy (non-hydrogen) atoms. The van der Waals surface area contributed by atoms with E-state index in [1.54, 1.807) is 18.2 Å². The zero-order valence-corrected chi connectivity index (χ0v) is 6.38. The molecule has 0 atom stereocenters. The Kier molecular flexibility index (Phi) is 2.00. The van der Waals surface area contributed by atoms with E-state index in [1.807, 2.05) is 0 Å². The Hall–Kier alpha value is -1.23. The van der Waals surface area contributed by atoms with Gasteiger partial charge in [-0.3, -0.25) is 0 Å². The van der Waals surface area contributed by atoms with Crippen LogP contribution in [-0.2, 0) is 10.0 Å². The number of sulfonamides is 1. The minimum atomic E-state index is -3.71. The second kappa shape index (κ2) is 2.79. The molecule has 0 unspecified atom stereocenters. The Morgan fingerprint density at radius 3 is 2.18 bits per heavy atom. The Morgan fingerprint density at radius 1 is 1.18 bits per heavy atom. The van der Waals surface area contributed by atoms with E-state index in [-0.39, 0.29) is 4.90 Å². The quantitative estimate of drug-likeness (QED) is 0.681. The maximum atomic E-state index is 10.8. The fourth-order valence-corrected chi connectivity index (χ4v) is 1.25. The average Bonchev–Trinajstić information content (AvgIpc) is 2.06. The van der Waals surface area contributed by atoms with E-state index in [2.05, 4.69) is 4.52 Å². The first-order chi connectivity index (χ1) is 5.17. The Bertz CT molecular complexity index is 344. The van der Waals surface area contributed by atoms with Gasteiger partial charge in [0.25, 0.3) is 10.0 Å². The van der Waals surface area contributed by atoms with E-state index < -0.39 is 10.0 Å². The monoisotopic (exact) mass is 170 g/mol. The lowest BCUT2D eigenvalue weighted by atomic mass is 10.4. The van der Waals surface area contributed by atoms with Crippen LogP contribution in [0, 0.1) is 5.53 Å². The topological polar surface area (TPSA) is 70.3 Å². The van der Waals surface area contributed by atoms with E-state index in [9.17, 15) is 8.42 Å². The third-order valence-corrected chi connectivity index (χ3v) is 2.27. The molecule has 1 rings (SSSR count). The van der Waals surface area contributed by atoms with Gasteiger partial charge in [0.05, 0.1) is 4.90 Å². The van der Waals surface area contributed by atoms with Crippen LogP contribution in [0.15, 0.2) is 39.7 Å². The van der Waals surface area contributed by atoms with Gasteiger partial charge in [-0.2, -0.15) is 13.9 Å². The molecule has 0 aliphatic heterocycles. The van der Waals surface area contributed by atoms with E-state index >= 15 is 0 Å². The molecule has 0 saturated heterocycles. The predicted molar refractivity (Wildman–Crippen MR) is 38.8 cm³/mol. The highest BCUT2D eigenvalue weighted by molar-refractivity contribution is 7.90. The highest BCUT2D eigenvalue weighted by atomic mass is 32.2. The smallest absolute Gasteiger partial charge is 0.198 e. The van der Waals surface area contributed by atoms with Crippen molar-refractivity contribution in [3.63, 3.8) is 0 Å². The zero-order chi connectivity index (χ0) is 8.32. The predicted octanol–water partition coefficient (Wildman–Crippen LogP) is 1.41. The Morgan fingerprint density at radius 2 is 1.73 bits per heavy atom. The molecule has 5 heteroatoms. The van der Waals surface area contributed by atoms with E-state index in [4.69, 9.17) is 5.53 Å². The minimum Gasteiger partial charge on any atom is -0.198 e. The van der Waals surface area contributed by atoms with Gasteiger partial charge in [-0.25, -0.2) is 0 Å². The lowest BCUT2D eigenvalue weighted by Gasteiger charge is -1.92. The van der Waals surface area contributed by atoms with Crippen LogP contribution < -0.4 is 0 Å². The SMILES string of the molecule is N=NS(=O)(=O)c1ccccc1. The molecule has 1 N–H and O–H groups in total. The summed E-state index contributed by atoms with van der Waals surface area (Å²) in [5.74, 6) is 0. The molecule has 0 saturated carbocycles. The molecule has 0 bridgehead atoms. The highest BCUT2D eigenvalue weighted by Gasteiger charge is 2.09. The van der Waals surface area contributed by atoms with Gasteiger partial charge in [0, 0.05) is 0 Å². The fourth-order valence-electron chi connectivity index (χ4n) is 0.645. The first-order valence-corrected chi connectivity index (χ1v) is 4.29. The highest BCUT2D eigenvalue weighted by Crippen LogP contribution is 2.09. The van der Waals surface area contributed by atoms with Gasteiger partial charge in [0.15, 0.2) is 0 Å². The molecule has 0 spiro atoms. The molecular formula is C6H6N2O2S. The lowest BCUT2D eigenvalue weighted by Crippen LogP contribution is -1.93. The van der Waals surface area contributed by atoms with Gasteiger partial charge in [0.2, 0.25) is 0 Å². The van der Waals surface area contributed by atoms with Crippen LogP contribution in [-0.4, -0.2) is 8.42 Å². The van der Waals surface area contributed by atoms with Crippen molar-refractivity contribution < 1.29 is 8.42 Å². The number of hydrogen-bond acceptors (Lipinski definition) is 3. The van der Waals surface area contributed by atoms with Crippen molar-refractivity contribution in [1.29, 1.82) is 5.53 Å². The van der Waals surface area contributed by atoms with Crippen molar-refractivity contribution in [2.75, 3.05) is 0 Å². The summed E-state index contributed by atoms with van der Waals surface area (Å²) in [5.41, 5.74) is 6.38. The number of nitrogens with zero attached hydrogens (tertiary/aromatic N) is 1. The maximum Gasteiger partial charge on any atom is 0.299 e. The summed E-state index contributed by atoms with van der Waals surface area (Å²) in [6, 6.07) is 7.65. The van der Waals surface area contributed by atoms with Crippen molar-refractivity contribution in [1.82, 2.24) is 0 Å². The van der Waals surface area contributed by atoms with Crippen molar-refractivity contribution in [2.45, 2.75) is 4.90 Å². The maximum absolute atomic E-state index is 10.8. The number of benzene rings is 1. The number of hydrogen-bond donors (Lipinski definition) is 1. The fraction of sp³-hybridized carbons (Fsp3) is 0. The standard InChI is InChI=1S/C6H6N2O2S/c7-8-11(9,10)6-4-2-1-3-5-6/h1-5,7H. The lowest BCUT2D eigenvalue weighted by molar-refractivity contribution is 0.594.